The first-order valence-corrected chi connectivity index (χ1v) is 5.97. The second-order valence-corrected chi connectivity index (χ2v) is 5.47. The molecule has 5 heteroatoms. The summed E-state index contributed by atoms with van der Waals surface area (Å²) in [5.41, 5.74) is -0.327. The van der Waals surface area contributed by atoms with Crippen molar-refractivity contribution in [2.75, 3.05) is 20.1 Å². The van der Waals surface area contributed by atoms with Crippen LogP contribution in [0.3, 0.4) is 0 Å². The van der Waals surface area contributed by atoms with Gasteiger partial charge in [-0.15, -0.1) is 6.58 Å². The number of urea groups is 1. The lowest BCUT2D eigenvalue weighted by molar-refractivity contribution is -0.141. The molecule has 5 nitrogen and oxygen atoms in total. The van der Waals surface area contributed by atoms with Crippen molar-refractivity contribution in [1.29, 1.82) is 0 Å². The van der Waals surface area contributed by atoms with E-state index in [1.54, 1.807) is 24.9 Å². The lowest BCUT2D eigenvalue weighted by atomic mass is 10.1. The van der Waals surface area contributed by atoms with E-state index in [0.717, 1.165) is 0 Å². The summed E-state index contributed by atoms with van der Waals surface area (Å²) >= 11 is 0. The molecule has 0 fully saturated rings. The maximum Gasteiger partial charge on any atom is 0.320 e. The predicted molar refractivity (Wildman–Crippen MR) is 71.5 cm³/mol. The van der Waals surface area contributed by atoms with Gasteiger partial charge in [0.2, 0.25) is 0 Å². The molecule has 1 atom stereocenters. The van der Waals surface area contributed by atoms with Gasteiger partial charge in [-0.1, -0.05) is 13.0 Å². The van der Waals surface area contributed by atoms with E-state index in [1.807, 2.05) is 20.8 Å². The van der Waals surface area contributed by atoms with Crippen LogP contribution < -0.4 is 0 Å². The molecule has 0 spiro atoms. The number of nitrogens with zero attached hydrogens (tertiary/aromatic N) is 2. The molecule has 0 aliphatic carbocycles. The molecule has 1 N–H and O–H groups in total. The predicted octanol–water partition coefficient (Wildman–Crippen LogP) is 2.05. The van der Waals surface area contributed by atoms with Gasteiger partial charge in [-0.3, -0.25) is 4.79 Å². The SMILES string of the molecule is C=CCN(C(=O)N(C)CC(C)C(=O)O)C(C)(C)C. The number of aliphatic carboxylic acids is 1. The molecular weight excluding hydrogens is 232 g/mol. The molecule has 0 rings (SSSR count). The Morgan fingerprint density at radius 3 is 2.22 bits per heavy atom. The van der Waals surface area contributed by atoms with Crippen LogP contribution in [0.15, 0.2) is 12.7 Å². The standard InChI is InChI=1S/C13H24N2O3/c1-7-8-15(13(3,4)5)12(18)14(6)9-10(2)11(16)17/h7,10H,1,8-9H2,2-6H3,(H,16,17). The van der Waals surface area contributed by atoms with E-state index in [0.29, 0.717) is 6.54 Å². The Bertz CT molecular complexity index is 321. The minimum Gasteiger partial charge on any atom is -0.481 e. The fourth-order valence-electron chi connectivity index (χ4n) is 1.54. The van der Waals surface area contributed by atoms with Crippen LogP contribution in [0.1, 0.15) is 27.7 Å². The topological polar surface area (TPSA) is 60.9 Å². The molecule has 0 saturated heterocycles. The number of amides is 2. The number of carbonyl (C=O) groups excluding carboxylic acids is 1. The van der Waals surface area contributed by atoms with Gasteiger partial charge in [0.15, 0.2) is 0 Å². The maximum atomic E-state index is 12.2. The van der Waals surface area contributed by atoms with E-state index in [9.17, 15) is 9.59 Å². The van der Waals surface area contributed by atoms with Crippen molar-refractivity contribution in [3.63, 3.8) is 0 Å². The minimum atomic E-state index is -0.902. The zero-order chi connectivity index (χ0) is 14.5. The highest BCUT2D eigenvalue weighted by molar-refractivity contribution is 5.76. The van der Waals surface area contributed by atoms with Crippen molar-refractivity contribution < 1.29 is 14.7 Å². The Morgan fingerprint density at radius 2 is 1.89 bits per heavy atom. The first-order valence-electron chi connectivity index (χ1n) is 5.97. The van der Waals surface area contributed by atoms with Gasteiger partial charge >= 0.3 is 12.0 Å². The van der Waals surface area contributed by atoms with E-state index < -0.39 is 11.9 Å². The third kappa shape index (κ3) is 4.77. The van der Waals surface area contributed by atoms with Crippen molar-refractivity contribution >= 4 is 12.0 Å². The molecule has 0 saturated carbocycles. The molecule has 0 heterocycles. The van der Waals surface area contributed by atoms with E-state index in [1.165, 1.54) is 4.90 Å². The Balaban J connectivity index is 4.77. The lowest BCUT2D eigenvalue weighted by Crippen LogP contribution is -2.51. The molecule has 0 aliphatic rings. The van der Waals surface area contributed by atoms with Crippen LogP contribution in [0.25, 0.3) is 0 Å². The van der Waals surface area contributed by atoms with Gasteiger partial charge in [0, 0.05) is 25.7 Å². The van der Waals surface area contributed by atoms with Gasteiger partial charge in [0.25, 0.3) is 0 Å². The fraction of sp³-hybridized carbons (Fsp3) is 0.692. The Kier molecular flexibility index (Phi) is 5.88. The van der Waals surface area contributed by atoms with Gasteiger partial charge in [0.1, 0.15) is 0 Å². The van der Waals surface area contributed by atoms with Crippen LogP contribution in [-0.2, 0) is 4.79 Å². The summed E-state index contributed by atoms with van der Waals surface area (Å²) in [5.74, 6) is -1.48. The molecule has 0 aromatic rings. The monoisotopic (exact) mass is 256 g/mol. The summed E-state index contributed by atoms with van der Waals surface area (Å²) < 4.78 is 0. The number of hydrogen-bond acceptors (Lipinski definition) is 2. The number of carboxylic acid groups (broad SMARTS) is 1. The lowest BCUT2D eigenvalue weighted by Gasteiger charge is -2.38. The largest absolute Gasteiger partial charge is 0.481 e. The van der Waals surface area contributed by atoms with Crippen molar-refractivity contribution in [1.82, 2.24) is 9.80 Å². The molecule has 0 bridgehead atoms. The second-order valence-electron chi connectivity index (χ2n) is 5.47. The van der Waals surface area contributed by atoms with E-state index in [4.69, 9.17) is 5.11 Å². The maximum absolute atomic E-state index is 12.2. The van der Waals surface area contributed by atoms with Crippen LogP contribution in [0.4, 0.5) is 4.79 Å². The van der Waals surface area contributed by atoms with Gasteiger partial charge in [-0.05, 0) is 20.8 Å². The average molecular weight is 256 g/mol. The molecule has 0 aromatic carbocycles. The number of hydrogen-bond donors (Lipinski definition) is 1. The Morgan fingerprint density at radius 1 is 1.39 bits per heavy atom. The van der Waals surface area contributed by atoms with Crippen LogP contribution in [0.2, 0.25) is 0 Å². The summed E-state index contributed by atoms with van der Waals surface area (Å²) in [5, 5.41) is 8.85. The van der Waals surface area contributed by atoms with Gasteiger partial charge in [-0.2, -0.15) is 0 Å². The van der Waals surface area contributed by atoms with Crippen molar-refractivity contribution in [3.8, 4) is 0 Å². The number of rotatable bonds is 5. The quantitative estimate of drug-likeness (QED) is 0.766. The molecule has 0 aromatic heterocycles. The zero-order valence-electron chi connectivity index (χ0n) is 11.9. The Labute approximate surface area is 109 Å². The molecule has 1 unspecified atom stereocenters. The van der Waals surface area contributed by atoms with Gasteiger partial charge in [-0.25, -0.2) is 4.79 Å². The Hall–Kier alpha value is -1.52. The molecular formula is C13H24N2O3. The smallest absolute Gasteiger partial charge is 0.320 e. The first-order chi connectivity index (χ1) is 8.11. The zero-order valence-corrected chi connectivity index (χ0v) is 11.9. The van der Waals surface area contributed by atoms with Gasteiger partial charge < -0.3 is 14.9 Å². The summed E-state index contributed by atoms with van der Waals surface area (Å²) in [6, 6.07) is -0.185. The van der Waals surface area contributed by atoms with Crippen LogP contribution in [0, 0.1) is 5.92 Å². The summed E-state index contributed by atoms with van der Waals surface area (Å²) in [6.07, 6.45) is 1.66. The molecule has 0 radical (unpaired) electrons. The van der Waals surface area contributed by atoms with Gasteiger partial charge in [0.05, 0.1) is 5.92 Å². The highest BCUT2D eigenvalue weighted by atomic mass is 16.4. The number of carboxylic acids is 1. The van der Waals surface area contributed by atoms with Crippen molar-refractivity contribution in [3.05, 3.63) is 12.7 Å². The number of carbonyl (C=O) groups is 2. The molecule has 2 amide bonds. The minimum absolute atomic E-state index is 0.185. The normalized spacial score (nSPS) is 12.7. The average Bonchev–Trinajstić information content (AvgIpc) is 2.22. The summed E-state index contributed by atoms with van der Waals surface area (Å²) in [7, 11) is 1.61. The van der Waals surface area contributed by atoms with Crippen molar-refractivity contribution in [2.24, 2.45) is 5.92 Å². The van der Waals surface area contributed by atoms with E-state index in [-0.39, 0.29) is 18.1 Å². The summed E-state index contributed by atoms with van der Waals surface area (Å²) in [4.78, 5) is 26.1. The van der Waals surface area contributed by atoms with Crippen molar-refractivity contribution in [2.45, 2.75) is 33.2 Å². The van der Waals surface area contributed by atoms with Crippen LogP contribution in [-0.4, -0.2) is 52.6 Å². The highest BCUT2D eigenvalue weighted by Crippen LogP contribution is 2.15. The van der Waals surface area contributed by atoms with Crippen LogP contribution >= 0.6 is 0 Å². The highest BCUT2D eigenvalue weighted by Gasteiger charge is 2.28. The fourth-order valence-corrected chi connectivity index (χ4v) is 1.54. The van der Waals surface area contributed by atoms with Crippen LogP contribution in [0.5, 0.6) is 0 Å². The van der Waals surface area contributed by atoms with E-state index >= 15 is 0 Å². The third-order valence-corrected chi connectivity index (χ3v) is 2.65. The molecule has 104 valence electrons. The molecule has 0 aliphatic heterocycles. The third-order valence-electron chi connectivity index (χ3n) is 2.65. The summed E-state index contributed by atoms with van der Waals surface area (Å²) in [6.45, 7) is 11.7. The first kappa shape index (κ1) is 16.5. The van der Waals surface area contributed by atoms with E-state index in [2.05, 4.69) is 6.58 Å². The second kappa shape index (κ2) is 6.42. The molecule has 18 heavy (non-hydrogen) atoms.